The van der Waals surface area contributed by atoms with Gasteiger partial charge in [0.2, 0.25) is 0 Å². The van der Waals surface area contributed by atoms with Crippen LogP contribution in [0.2, 0.25) is 0 Å². The van der Waals surface area contributed by atoms with E-state index in [1.165, 1.54) is 5.56 Å². The number of hydrogen-bond donors (Lipinski definition) is 0. The minimum atomic E-state index is 0.202. The van der Waals surface area contributed by atoms with E-state index in [1.54, 1.807) is 6.33 Å². The molecule has 1 aliphatic rings. The second kappa shape index (κ2) is 3.26. The first-order valence-corrected chi connectivity index (χ1v) is 5.04. The topological polar surface area (TPSA) is 25.8 Å². The summed E-state index contributed by atoms with van der Waals surface area (Å²) in [5.74, 6) is 0. The summed E-state index contributed by atoms with van der Waals surface area (Å²) in [6.07, 6.45) is 8.67. The van der Waals surface area contributed by atoms with Crippen molar-refractivity contribution < 1.29 is 0 Å². The summed E-state index contributed by atoms with van der Waals surface area (Å²) in [6, 6.07) is 0. The molecule has 0 aromatic carbocycles. The van der Waals surface area contributed by atoms with Gasteiger partial charge in [-0.3, -0.25) is 0 Å². The van der Waals surface area contributed by atoms with E-state index in [-0.39, 0.29) is 5.41 Å². The van der Waals surface area contributed by atoms with Crippen molar-refractivity contribution >= 4 is 11.6 Å². The van der Waals surface area contributed by atoms with Crippen LogP contribution in [0.25, 0.3) is 0 Å². The number of aromatic nitrogens is 2. The van der Waals surface area contributed by atoms with Crippen LogP contribution in [0.3, 0.4) is 0 Å². The zero-order chi connectivity index (χ0) is 9.31. The molecule has 70 valence electrons. The lowest BCUT2D eigenvalue weighted by molar-refractivity contribution is 0.488. The van der Waals surface area contributed by atoms with Crippen LogP contribution in [-0.2, 0) is 5.41 Å². The summed E-state index contributed by atoms with van der Waals surface area (Å²) in [5, 5.41) is 0.324. The first-order chi connectivity index (χ1) is 6.21. The number of halogens is 1. The van der Waals surface area contributed by atoms with E-state index in [0.717, 1.165) is 19.3 Å². The second-order valence-corrected chi connectivity index (χ2v) is 4.65. The third-order valence-corrected chi connectivity index (χ3v) is 3.31. The van der Waals surface area contributed by atoms with Crippen molar-refractivity contribution in [1.29, 1.82) is 0 Å². The van der Waals surface area contributed by atoms with E-state index >= 15 is 0 Å². The Kier molecular flexibility index (Phi) is 2.24. The zero-order valence-electron chi connectivity index (χ0n) is 7.70. The normalized spacial score (nSPS) is 33.5. The Morgan fingerprint density at radius 1 is 1.46 bits per heavy atom. The molecular weight excluding hydrogens is 184 g/mol. The molecule has 1 aromatic heterocycles. The molecule has 13 heavy (non-hydrogen) atoms. The van der Waals surface area contributed by atoms with Crippen LogP contribution in [-0.4, -0.2) is 15.3 Å². The van der Waals surface area contributed by atoms with Crippen LogP contribution in [0.15, 0.2) is 18.7 Å². The highest BCUT2D eigenvalue weighted by molar-refractivity contribution is 6.20. The van der Waals surface area contributed by atoms with Gasteiger partial charge in [-0.15, -0.1) is 11.6 Å². The van der Waals surface area contributed by atoms with Crippen molar-refractivity contribution in [1.82, 2.24) is 9.97 Å². The average molecular weight is 197 g/mol. The van der Waals surface area contributed by atoms with Crippen LogP contribution in [0.4, 0.5) is 0 Å². The molecule has 2 atom stereocenters. The third kappa shape index (κ3) is 1.68. The summed E-state index contributed by atoms with van der Waals surface area (Å²) in [7, 11) is 0. The summed E-state index contributed by atoms with van der Waals surface area (Å²) in [6.45, 7) is 2.24. The van der Waals surface area contributed by atoms with Crippen molar-refractivity contribution in [3.8, 4) is 0 Å². The monoisotopic (exact) mass is 196 g/mol. The maximum atomic E-state index is 6.11. The Labute approximate surface area is 83.4 Å². The second-order valence-electron chi connectivity index (χ2n) is 4.03. The lowest BCUT2D eigenvalue weighted by atomic mass is 9.83. The van der Waals surface area contributed by atoms with Gasteiger partial charge in [-0.25, -0.2) is 9.97 Å². The van der Waals surface area contributed by atoms with Gasteiger partial charge in [0.05, 0.1) is 0 Å². The van der Waals surface area contributed by atoms with Crippen molar-refractivity contribution in [2.24, 2.45) is 0 Å². The smallest absolute Gasteiger partial charge is 0.115 e. The van der Waals surface area contributed by atoms with Gasteiger partial charge in [-0.05, 0) is 30.2 Å². The van der Waals surface area contributed by atoms with E-state index in [0.29, 0.717) is 5.38 Å². The molecule has 0 N–H and O–H groups in total. The Hall–Kier alpha value is -0.630. The predicted molar refractivity (Wildman–Crippen MR) is 52.9 cm³/mol. The molecule has 0 radical (unpaired) electrons. The molecule has 0 amide bonds. The van der Waals surface area contributed by atoms with Crippen molar-refractivity contribution in [2.75, 3.05) is 0 Å². The highest BCUT2D eigenvalue weighted by atomic mass is 35.5. The first kappa shape index (κ1) is 8.95. The number of alkyl halides is 1. The molecule has 2 nitrogen and oxygen atoms in total. The quantitative estimate of drug-likeness (QED) is 0.646. The van der Waals surface area contributed by atoms with Crippen LogP contribution in [0, 0.1) is 0 Å². The first-order valence-electron chi connectivity index (χ1n) is 4.60. The molecule has 1 fully saturated rings. The standard InChI is InChI=1S/C10H13ClN2/c1-10(3-2-9(11)4-10)8-5-12-7-13-6-8/h5-7,9H,2-4H2,1H3. The van der Waals surface area contributed by atoms with Crippen molar-refractivity contribution in [2.45, 2.75) is 37.0 Å². The summed E-state index contributed by atoms with van der Waals surface area (Å²) in [5.41, 5.74) is 1.42. The molecule has 0 bridgehead atoms. The van der Waals surface area contributed by atoms with Gasteiger partial charge in [-0.1, -0.05) is 6.92 Å². The molecule has 0 saturated heterocycles. The fourth-order valence-electron chi connectivity index (χ4n) is 2.04. The molecule has 0 aliphatic heterocycles. The van der Waals surface area contributed by atoms with Gasteiger partial charge in [0, 0.05) is 17.8 Å². The zero-order valence-corrected chi connectivity index (χ0v) is 8.46. The number of hydrogen-bond acceptors (Lipinski definition) is 2. The van der Waals surface area contributed by atoms with Crippen LogP contribution in [0.5, 0.6) is 0 Å². The fourth-order valence-corrected chi connectivity index (χ4v) is 2.49. The van der Waals surface area contributed by atoms with Gasteiger partial charge in [0.1, 0.15) is 6.33 Å². The fraction of sp³-hybridized carbons (Fsp3) is 0.600. The average Bonchev–Trinajstić information content (AvgIpc) is 2.49. The molecule has 2 rings (SSSR count). The van der Waals surface area contributed by atoms with Crippen LogP contribution < -0.4 is 0 Å². The molecule has 1 aromatic rings. The van der Waals surface area contributed by atoms with Crippen LogP contribution in [0.1, 0.15) is 31.7 Å². The molecule has 1 saturated carbocycles. The maximum Gasteiger partial charge on any atom is 0.115 e. The lowest BCUT2D eigenvalue weighted by Gasteiger charge is -2.22. The van der Waals surface area contributed by atoms with Crippen molar-refractivity contribution in [3.05, 3.63) is 24.3 Å². The largest absolute Gasteiger partial charge is 0.245 e. The van der Waals surface area contributed by atoms with Gasteiger partial charge in [0.15, 0.2) is 0 Å². The highest BCUT2D eigenvalue weighted by Gasteiger charge is 2.35. The Balaban J connectivity index is 2.26. The Morgan fingerprint density at radius 3 is 2.69 bits per heavy atom. The third-order valence-electron chi connectivity index (χ3n) is 2.94. The summed E-state index contributed by atoms with van der Waals surface area (Å²) < 4.78 is 0. The molecule has 2 unspecified atom stereocenters. The molecule has 1 heterocycles. The predicted octanol–water partition coefficient (Wildman–Crippen LogP) is 2.53. The molecule has 1 aliphatic carbocycles. The lowest BCUT2D eigenvalue weighted by Crippen LogP contribution is -2.18. The van der Waals surface area contributed by atoms with E-state index in [4.69, 9.17) is 11.6 Å². The van der Waals surface area contributed by atoms with Gasteiger partial charge in [-0.2, -0.15) is 0 Å². The summed E-state index contributed by atoms with van der Waals surface area (Å²) >= 11 is 6.11. The minimum Gasteiger partial charge on any atom is -0.245 e. The van der Waals surface area contributed by atoms with Crippen molar-refractivity contribution in [3.63, 3.8) is 0 Å². The van der Waals surface area contributed by atoms with E-state index in [2.05, 4.69) is 16.9 Å². The highest BCUT2D eigenvalue weighted by Crippen LogP contribution is 2.42. The minimum absolute atomic E-state index is 0.202. The van der Waals surface area contributed by atoms with E-state index in [9.17, 15) is 0 Å². The van der Waals surface area contributed by atoms with Gasteiger partial charge < -0.3 is 0 Å². The van der Waals surface area contributed by atoms with E-state index < -0.39 is 0 Å². The van der Waals surface area contributed by atoms with Gasteiger partial charge in [0.25, 0.3) is 0 Å². The molecule has 0 spiro atoms. The molecular formula is C10H13ClN2. The Bertz CT molecular complexity index is 288. The molecule has 3 heteroatoms. The van der Waals surface area contributed by atoms with Crippen LogP contribution >= 0.6 is 11.6 Å². The van der Waals surface area contributed by atoms with E-state index in [1.807, 2.05) is 12.4 Å². The maximum absolute atomic E-state index is 6.11. The SMILES string of the molecule is CC1(c2cncnc2)CCC(Cl)C1. The Morgan fingerprint density at radius 2 is 2.15 bits per heavy atom. The van der Waals surface area contributed by atoms with Gasteiger partial charge >= 0.3 is 0 Å². The number of nitrogens with zero attached hydrogens (tertiary/aromatic N) is 2. The number of rotatable bonds is 1. The summed E-state index contributed by atoms with van der Waals surface area (Å²) in [4.78, 5) is 8.09.